The summed E-state index contributed by atoms with van der Waals surface area (Å²) in [4.78, 5) is 0. The third-order valence-corrected chi connectivity index (χ3v) is 3.77. The highest BCUT2D eigenvalue weighted by Gasteiger charge is 2.18. The van der Waals surface area contributed by atoms with E-state index in [1.807, 2.05) is 31.2 Å². The van der Waals surface area contributed by atoms with Gasteiger partial charge in [0.1, 0.15) is 11.6 Å². The van der Waals surface area contributed by atoms with E-state index in [1.54, 1.807) is 20.1 Å². The zero-order valence-corrected chi connectivity index (χ0v) is 13.2. The SMILES string of the molecule is CCNC(c1ccc(OC)cc1)c1cc(C)c(F)cc1Cl. The molecular weight excluding hydrogens is 289 g/mol. The van der Waals surface area contributed by atoms with Crippen LogP contribution in [0.2, 0.25) is 5.02 Å². The molecule has 0 bridgehead atoms. The number of methoxy groups -OCH3 is 1. The van der Waals surface area contributed by atoms with Gasteiger partial charge in [-0.25, -0.2) is 4.39 Å². The minimum absolute atomic E-state index is 0.0762. The van der Waals surface area contributed by atoms with Crippen LogP contribution in [-0.4, -0.2) is 13.7 Å². The van der Waals surface area contributed by atoms with Crippen molar-refractivity contribution in [3.63, 3.8) is 0 Å². The van der Waals surface area contributed by atoms with E-state index >= 15 is 0 Å². The predicted octanol–water partition coefficient (Wildman–Crippen LogP) is 4.50. The van der Waals surface area contributed by atoms with E-state index in [4.69, 9.17) is 16.3 Å². The van der Waals surface area contributed by atoms with E-state index in [2.05, 4.69) is 5.32 Å². The lowest BCUT2D eigenvalue weighted by Crippen LogP contribution is -2.22. The predicted molar refractivity (Wildman–Crippen MR) is 84.7 cm³/mol. The van der Waals surface area contributed by atoms with Gasteiger partial charge in [-0.3, -0.25) is 0 Å². The molecule has 0 saturated heterocycles. The number of benzene rings is 2. The fourth-order valence-electron chi connectivity index (χ4n) is 2.31. The van der Waals surface area contributed by atoms with Crippen molar-refractivity contribution in [1.29, 1.82) is 0 Å². The van der Waals surface area contributed by atoms with E-state index in [1.165, 1.54) is 6.07 Å². The molecule has 0 radical (unpaired) electrons. The molecule has 21 heavy (non-hydrogen) atoms. The molecule has 0 aliphatic rings. The van der Waals surface area contributed by atoms with E-state index in [0.29, 0.717) is 10.6 Å². The molecule has 112 valence electrons. The van der Waals surface area contributed by atoms with Gasteiger partial charge in [0.05, 0.1) is 13.2 Å². The summed E-state index contributed by atoms with van der Waals surface area (Å²) < 4.78 is 18.8. The average Bonchev–Trinajstić information content (AvgIpc) is 2.49. The zero-order chi connectivity index (χ0) is 15.4. The van der Waals surface area contributed by atoms with E-state index < -0.39 is 0 Å². The van der Waals surface area contributed by atoms with Crippen LogP contribution in [0.4, 0.5) is 4.39 Å². The van der Waals surface area contributed by atoms with Crippen LogP contribution in [0.25, 0.3) is 0 Å². The summed E-state index contributed by atoms with van der Waals surface area (Å²) in [6.07, 6.45) is 0. The van der Waals surface area contributed by atoms with Crippen molar-refractivity contribution in [3.8, 4) is 5.75 Å². The van der Waals surface area contributed by atoms with Crippen LogP contribution in [0, 0.1) is 12.7 Å². The average molecular weight is 308 g/mol. The number of hydrogen-bond acceptors (Lipinski definition) is 2. The second-order valence-corrected chi connectivity index (χ2v) is 5.29. The van der Waals surface area contributed by atoms with Crippen LogP contribution < -0.4 is 10.1 Å². The summed E-state index contributed by atoms with van der Waals surface area (Å²) in [7, 11) is 1.64. The molecule has 0 heterocycles. The van der Waals surface area contributed by atoms with Crippen LogP contribution in [0.15, 0.2) is 36.4 Å². The Balaban J connectivity index is 2.44. The smallest absolute Gasteiger partial charge is 0.127 e. The molecule has 0 fully saturated rings. The first-order valence-corrected chi connectivity index (χ1v) is 7.27. The van der Waals surface area contributed by atoms with E-state index in [-0.39, 0.29) is 11.9 Å². The standard InChI is InChI=1S/C17H19ClFNO/c1-4-20-17(12-5-7-13(21-3)8-6-12)14-9-11(2)16(19)10-15(14)18/h5-10,17,20H,4H2,1-3H3. The maximum absolute atomic E-state index is 13.6. The molecule has 4 heteroatoms. The van der Waals surface area contributed by atoms with Gasteiger partial charge in [0.25, 0.3) is 0 Å². The molecule has 1 atom stereocenters. The van der Waals surface area contributed by atoms with Crippen molar-refractivity contribution in [2.24, 2.45) is 0 Å². The van der Waals surface area contributed by atoms with Gasteiger partial charge in [-0.2, -0.15) is 0 Å². The van der Waals surface area contributed by atoms with Crippen molar-refractivity contribution in [1.82, 2.24) is 5.32 Å². The summed E-state index contributed by atoms with van der Waals surface area (Å²) in [6, 6.07) is 10.9. The number of ether oxygens (including phenoxy) is 1. The number of rotatable bonds is 5. The fourth-order valence-corrected chi connectivity index (χ4v) is 2.57. The molecule has 0 amide bonds. The number of hydrogen-bond donors (Lipinski definition) is 1. The van der Waals surface area contributed by atoms with Gasteiger partial charge >= 0.3 is 0 Å². The van der Waals surface area contributed by atoms with Gasteiger partial charge in [-0.1, -0.05) is 30.7 Å². The maximum atomic E-state index is 13.6. The molecule has 2 rings (SSSR count). The lowest BCUT2D eigenvalue weighted by molar-refractivity contribution is 0.414. The van der Waals surface area contributed by atoms with E-state index in [0.717, 1.165) is 23.4 Å². The molecular formula is C17H19ClFNO. The summed E-state index contributed by atoms with van der Waals surface area (Å²) in [5.41, 5.74) is 2.53. The van der Waals surface area contributed by atoms with Crippen molar-refractivity contribution in [2.45, 2.75) is 19.9 Å². The number of halogens is 2. The second kappa shape index (κ2) is 6.92. The van der Waals surface area contributed by atoms with Crippen LogP contribution in [0.1, 0.15) is 29.7 Å². The van der Waals surface area contributed by atoms with Gasteiger partial charge in [0, 0.05) is 5.02 Å². The van der Waals surface area contributed by atoms with Gasteiger partial charge in [0.2, 0.25) is 0 Å². The van der Waals surface area contributed by atoms with Gasteiger partial charge in [0.15, 0.2) is 0 Å². The first kappa shape index (κ1) is 15.8. The molecule has 2 aromatic carbocycles. The fraction of sp³-hybridized carbons (Fsp3) is 0.294. The van der Waals surface area contributed by atoms with Gasteiger partial charge < -0.3 is 10.1 Å². The van der Waals surface area contributed by atoms with Crippen LogP contribution >= 0.6 is 11.6 Å². The summed E-state index contributed by atoms with van der Waals surface area (Å²) in [6.45, 7) is 4.55. The molecule has 1 N–H and O–H groups in total. The number of aryl methyl sites for hydroxylation is 1. The summed E-state index contributed by atoms with van der Waals surface area (Å²) >= 11 is 6.24. The molecule has 0 aliphatic carbocycles. The van der Waals surface area contributed by atoms with Gasteiger partial charge in [-0.05, 0) is 54.4 Å². The van der Waals surface area contributed by atoms with Crippen molar-refractivity contribution in [3.05, 3.63) is 63.9 Å². The lowest BCUT2D eigenvalue weighted by Gasteiger charge is -2.21. The Hall–Kier alpha value is -1.58. The molecule has 2 nitrogen and oxygen atoms in total. The quantitative estimate of drug-likeness (QED) is 0.878. The Morgan fingerprint density at radius 2 is 1.90 bits per heavy atom. The van der Waals surface area contributed by atoms with Crippen LogP contribution in [0.3, 0.4) is 0 Å². The Morgan fingerprint density at radius 3 is 2.48 bits per heavy atom. The van der Waals surface area contributed by atoms with Crippen LogP contribution in [-0.2, 0) is 0 Å². The van der Waals surface area contributed by atoms with Crippen molar-refractivity contribution >= 4 is 11.6 Å². The Labute approximate surface area is 129 Å². The highest BCUT2D eigenvalue weighted by atomic mass is 35.5. The Bertz CT molecular complexity index is 613. The van der Waals surface area contributed by atoms with Crippen molar-refractivity contribution in [2.75, 3.05) is 13.7 Å². The molecule has 2 aromatic rings. The largest absolute Gasteiger partial charge is 0.497 e. The lowest BCUT2D eigenvalue weighted by atomic mass is 9.97. The first-order chi connectivity index (χ1) is 10.1. The van der Waals surface area contributed by atoms with Crippen LogP contribution in [0.5, 0.6) is 5.75 Å². The Morgan fingerprint density at radius 1 is 1.24 bits per heavy atom. The molecule has 0 spiro atoms. The zero-order valence-electron chi connectivity index (χ0n) is 12.4. The summed E-state index contributed by atoms with van der Waals surface area (Å²) in [5.74, 6) is 0.518. The monoisotopic (exact) mass is 307 g/mol. The third kappa shape index (κ3) is 3.55. The number of nitrogens with one attached hydrogen (secondary N) is 1. The third-order valence-electron chi connectivity index (χ3n) is 3.45. The summed E-state index contributed by atoms with van der Waals surface area (Å²) in [5, 5.41) is 3.82. The van der Waals surface area contributed by atoms with Crippen molar-refractivity contribution < 1.29 is 9.13 Å². The molecule has 0 saturated carbocycles. The highest BCUT2D eigenvalue weighted by molar-refractivity contribution is 6.31. The molecule has 0 aliphatic heterocycles. The topological polar surface area (TPSA) is 21.3 Å². The normalized spacial score (nSPS) is 12.2. The highest BCUT2D eigenvalue weighted by Crippen LogP contribution is 2.31. The Kier molecular flexibility index (Phi) is 5.21. The minimum atomic E-state index is -0.284. The first-order valence-electron chi connectivity index (χ1n) is 6.89. The van der Waals surface area contributed by atoms with E-state index in [9.17, 15) is 4.39 Å². The minimum Gasteiger partial charge on any atom is -0.497 e. The molecule has 1 unspecified atom stereocenters. The molecule has 0 aromatic heterocycles. The second-order valence-electron chi connectivity index (χ2n) is 4.89. The van der Waals surface area contributed by atoms with Gasteiger partial charge in [-0.15, -0.1) is 0 Å². The maximum Gasteiger partial charge on any atom is 0.127 e.